The van der Waals surface area contributed by atoms with Crippen molar-refractivity contribution in [2.45, 2.75) is 45.7 Å². The van der Waals surface area contributed by atoms with Crippen LogP contribution in [0, 0.1) is 6.92 Å². The topological polar surface area (TPSA) is 84.1 Å². The maximum Gasteiger partial charge on any atom is 0.295 e. The number of rotatable bonds is 9. The first kappa shape index (κ1) is 25.3. The number of hydrogen-bond donors (Lipinski definition) is 1. The number of carbonyl (C=O) groups excluding carboxylic acids is 2. The van der Waals surface area contributed by atoms with Crippen molar-refractivity contribution in [3.8, 4) is 5.75 Å². The zero-order valence-corrected chi connectivity index (χ0v) is 21.6. The lowest BCUT2D eigenvalue weighted by Crippen LogP contribution is -2.29. The van der Waals surface area contributed by atoms with Gasteiger partial charge in [-0.25, -0.2) is 4.98 Å². The summed E-state index contributed by atoms with van der Waals surface area (Å²) in [6.07, 6.45) is 4.90. The third kappa shape index (κ3) is 4.79. The number of amides is 1. The molecule has 5 rings (SSSR count). The van der Waals surface area contributed by atoms with Crippen molar-refractivity contribution in [3.63, 3.8) is 0 Å². The van der Waals surface area contributed by atoms with Gasteiger partial charge in [-0.15, -0.1) is 0 Å². The van der Waals surface area contributed by atoms with Gasteiger partial charge in [0.25, 0.3) is 11.7 Å². The van der Waals surface area contributed by atoms with E-state index in [1.807, 2.05) is 72.8 Å². The maximum absolute atomic E-state index is 13.5. The quantitative estimate of drug-likeness (QED) is 0.133. The highest BCUT2D eigenvalue weighted by molar-refractivity contribution is 6.46. The zero-order chi connectivity index (χ0) is 26.6. The van der Waals surface area contributed by atoms with E-state index in [0.717, 1.165) is 24.8 Å². The first-order chi connectivity index (χ1) is 18.5. The SMILES string of the molecule is CCCCCOc1cccc(C2C(=C(O)c3c(C)nc4ccccn34)C(=O)C(=O)N2Cc2ccccc2)c1. The van der Waals surface area contributed by atoms with Crippen LogP contribution in [0.1, 0.15) is 54.7 Å². The summed E-state index contributed by atoms with van der Waals surface area (Å²) < 4.78 is 7.71. The Bertz CT molecular complexity index is 1510. The first-order valence-electron chi connectivity index (χ1n) is 13.0. The molecule has 2 aromatic carbocycles. The van der Waals surface area contributed by atoms with Crippen molar-refractivity contribution in [1.82, 2.24) is 14.3 Å². The second-order valence-corrected chi connectivity index (χ2v) is 9.52. The largest absolute Gasteiger partial charge is 0.505 e. The molecule has 0 bridgehead atoms. The van der Waals surface area contributed by atoms with Gasteiger partial charge in [0.2, 0.25) is 0 Å². The number of imidazole rings is 1. The number of aryl methyl sites for hydroxylation is 1. The van der Waals surface area contributed by atoms with E-state index >= 15 is 0 Å². The summed E-state index contributed by atoms with van der Waals surface area (Å²) in [7, 11) is 0. The molecule has 1 aliphatic rings. The number of ketones is 1. The molecule has 7 heteroatoms. The Labute approximate surface area is 222 Å². The lowest BCUT2D eigenvalue weighted by Gasteiger charge is -2.26. The third-order valence-electron chi connectivity index (χ3n) is 6.85. The minimum atomic E-state index is -0.789. The number of Topliss-reactive ketones (excluding diaryl/α,β-unsaturated/α-hetero) is 1. The number of benzene rings is 2. The molecule has 38 heavy (non-hydrogen) atoms. The number of ether oxygens (including phenoxy) is 1. The van der Waals surface area contributed by atoms with Crippen molar-refractivity contribution in [2.75, 3.05) is 6.61 Å². The number of aromatic nitrogens is 2. The second kappa shape index (κ2) is 10.9. The van der Waals surface area contributed by atoms with Gasteiger partial charge in [-0.1, -0.05) is 68.3 Å². The molecule has 2 aromatic heterocycles. The highest BCUT2D eigenvalue weighted by Crippen LogP contribution is 2.41. The van der Waals surface area contributed by atoms with Gasteiger partial charge in [-0.05, 0) is 48.7 Å². The Morgan fingerprint density at radius 3 is 2.58 bits per heavy atom. The molecule has 1 amide bonds. The van der Waals surface area contributed by atoms with E-state index in [4.69, 9.17) is 4.74 Å². The summed E-state index contributed by atoms with van der Waals surface area (Å²) in [6, 6.07) is 21.7. The van der Waals surface area contributed by atoms with Crippen LogP contribution in [0.4, 0.5) is 0 Å². The highest BCUT2D eigenvalue weighted by atomic mass is 16.5. The molecule has 194 valence electrons. The molecule has 1 fully saturated rings. The van der Waals surface area contributed by atoms with Crippen LogP contribution in [0.15, 0.2) is 84.6 Å². The van der Waals surface area contributed by atoms with Crippen LogP contribution in [-0.4, -0.2) is 37.7 Å². The Morgan fingerprint density at radius 2 is 1.79 bits per heavy atom. The maximum atomic E-state index is 13.5. The molecule has 1 unspecified atom stereocenters. The standard InChI is InChI=1S/C31H31N3O4/c1-3-4-10-18-38-24-15-11-14-23(19-24)28-26(29(35)27-21(2)32-25-16-8-9-17-33(25)27)30(36)31(37)34(28)20-22-12-6-5-7-13-22/h5-9,11-17,19,28,35H,3-4,10,18,20H2,1-2H3. The smallest absolute Gasteiger partial charge is 0.295 e. The minimum absolute atomic E-state index is 0.0443. The van der Waals surface area contributed by atoms with Crippen LogP contribution >= 0.6 is 0 Å². The van der Waals surface area contributed by atoms with Gasteiger partial charge in [0.15, 0.2) is 5.76 Å². The lowest BCUT2D eigenvalue weighted by molar-refractivity contribution is -0.140. The van der Waals surface area contributed by atoms with Crippen LogP contribution in [0.2, 0.25) is 0 Å². The predicted molar refractivity (Wildman–Crippen MR) is 146 cm³/mol. The molecule has 3 heterocycles. The third-order valence-corrected chi connectivity index (χ3v) is 6.85. The fourth-order valence-corrected chi connectivity index (χ4v) is 5.01. The summed E-state index contributed by atoms with van der Waals surface area (Å²) in [5.74, 6) is -0.951. The van der Waals surface area contributed by atoms with E-state index in [1.54, 1.807) is 17.5 Å². The summed E-state index contributed by atoms with van der Waals surface area (Å²) in [6.45, 7) is 4.73. The van der Waals surface area contributed by atoms with Gasteiger partial charge in [-0.2, -0.15) is 0 Å². The van der Waals surface area contributed by atoms with Gasteiger partial charge >= 0.3 is 0 Å². The fraction of sp³-hybridized carbons (Fsp3) is 0.258. The van der Waals surface area contributed by atoms with Crippen LogP contribution < -0.4 is 4.74 Å². The zero-order valence-electron chi connectivity index (χ0n) is 21.6. The van der Waals surface area contributed by atoms with E-state index in [1.165, 1.54) is 4.90 Å². The summed E-state index contributed by atoms with van der Waals surface area (Å²) >= 11 is 0. The molecule has 1 atom stereocenters. The van der Waals surface area contributed by atoms with Gasteiger partial charge in [0.05, 0.1) is 23.9 Å². The van der Waals surface area contributed by atoms with E-state index in [2.05, 4.69) is 11.9 Å². The molecular formula is C31H31N3O4. The van der Waals surface area contributed by atoms with Crippen molar-refractivity contribution < 1.29 is 19.4 Å². The van der Waals surface area contributed by atoms with Crippen LogP contribution in [0.5, 0.6) is 5.75 Å². The van der Waals surface area contributed by atoms with Crippen LogP contribution in [0.25, 0.3) is 11.4 Å². The van der Waals surface area contributed by atoms with Crippen LogP contribution in [-0.2, 0) is 16.1 Å². The monoisotopic (exact) mass is 509 g/mol. The average molecular weight is 510 g/mol. The number of carbonyl (C=O) groups is 2. The number of aliphatic hydroxyl groups excluding tert-OH is 1. The number of unbranched alkanes of at least 4 members (excludes halogenated alkanes) is 2. The van der Waals surface area contributed by atoms with Gasteiger partial charge in [0, 0.05) is 12.7 Å². The summed E-state index contributed by atoms with van der Waals surface area (Å²) in [5, 5.41) is 11.6. The molecule has 0 radical (unpaired) electrons. The first-order valence-corrected chi connectivity index (χ1v) is 13.0. The van der Waals surface area contributed by atoms with E-state index in [-0.39, 0.29) is 17.9 Å². The molecule has 1 N–H and O–H groups in total. The normalized spacial score (nSPS) is 16.9. The van der Waals surface area contributed by atoms with Crippen molar-refractivity contribution in [3.05, 3.63) is 107 Å². The molecular weight excluding hydrogens is 478 g/mol. The molecule has 1 aliphatic heterocycles. The molecule has 0 spiro atoms. The fourth-order valence-electron chi connectivity index (χ4n) is 5.01. The molecule has 0 aliphatic carbocycles. The number of pyridine rings is 1. The van der Waals surface area contributed by atoms with E-state index in [0.29, 0.717) is 35.0 Å². The number of likely N-dealkylation sites (tertiary alicyclic amines) is 1. The van der Waals surface area contributed by atoms with Crippen molar-refractivity contribution >= 4 is 23.1 Å². The number of hydrogen-bond acceptors (Lipinski definition) is 5. The van der Waals surface area contributed by atoms with Crippen molar-refractivity contribution in [2.24, 2.45) is 0 Å². The minimum Gasteiger partial charge on any atom is -0.505 e. The van der Waals surface area contributed by atoms with E-state index < -0.39 is 17.7 Å². The predicted octanol–water partition coefficient (Wildman–Crippen LogP) is 5.83. The Balaban J connectivity index is 1.63. The average Bonchev–Trinajstić information content (AvgIpc) is 3.40. The number of aliphatic hydroxyl groups is 1. The molecule has 0 saturated carbocycles. The highest BCUT2D eigenvalue weighted by Gasteiger charge is 2.46. The Morgan fingerprint density at radius 1 is 1.00 bits per heavy atom. The van der Waals surface area contributed by atoms with Crippen molar-refractivity contribution in [1.29, 1.82) is 0 Å². The van der Waals surface area contributed by atoms with Gasteiger partial charge < -0.3 is 14.7 Å². The second-order valence-electron chi connectivity index (χ2n) is 9.52. The number of fused-ring (bicyclic) bond motifs is 1. The molecule has 4 aromatic rings. The van der Waals surface area contributed by atoms with E-state index in [9.17, 15) is 14.7 Å². The molecule has 1 saturated heterocycles. The Hall–Kier alpha value is -4.39. The summed E-state index contributed by atoms with van der Waals surface area (Å²) in [4.78, 5) is 33.0. The Kier molecular flexibility index (Phi) is 7.26. The van der Waals surface area contributed by atoms with Gasteiger partial charge in [-0.3, -0.25) is 14.0 Å². The summed E-state index contributed by atoms with van der Waals surface area (Å²) in [5.41, 5.74) is 3.23. The lowest BCUT2D eigenvalue weighted by atomic mass is 9.96. The van der Waals surface area contributed by atoms with Gasteiger partial charge in [0.1, 0.15) is 17.1 Å². The van der Waals surface area contributed by atoms with Crippen LogP contribution in [0.3, 0.4) is 0 Å². The molecule has 7 nitrogen and oxygen atoms in total. The number of nitrogens with zero attached hydrogens (tertiary/aromatic N) is 3.